The molecule has 2 aromatic carbocycles. The van der Waals surface area contributed by atoms with E-state index in [2.05, 4.69) is 46.6 Å². The van der Waals surface area contributed by atoms with Gasteiger partial charge in [-0.25, -0.2) is 0 Å². The lowest BCUT2D eigenvalue weighted by Crippen LogP contribution is -2.24. The fourth-order valence-electron chi connectivity index (χ4n) is 3.40. The van der Waals surface area contributed by atoms with Crippen LogP contribution in [0.4, 0.5) is 0 Å². The van der Waals surface area contributed by atoms with Crippen LogP contribution >= 0.6 is 12.4 Å². The first-order valence-electron chi connectivity index (χ1n) is 7.73. The van der Waals surface area contributed by atoms with Gasteiger partial charge in [0, 0.05) is 18.5 Å². The van der Waals surface area contributed by atoms with E-state index in [0.29, 0.717) is 0 Å². The number of methoxy groups -OCH3 is 1. The monoisotopic (exact) mass is 320 g/mol. The molecule has 1 fully saturated rings. The van der Waals surface area contributed by atoms with Crippen molar-refractivity contribution < 1.29 is 4.74 Å². The van der Waals surface area contributed by atoms with Crippen LogP contribution in [0.5, 0.6) is 5.75 Å². The minimum Gasteiger partial charge on any atom is -0.496 e. The van der Waals surface area contributed by atoms with Crippen molar-refractivity contribution in [3.63, 3.8) is 0 Å². The molecule has 1 atom stereocenters. The van der Waals surface area contributed by atoms with Gasteiger partial charge in [0.2, 0.25) is 0 Å². The summed E-state index contributed by atoms with van der Waals surface area (Å²) < 4.78 is 5.48. The second kappa shape index (κ2) is 7.82. The van der Waals surface area contributed by atoms with Crippen molar-refractivity contribution in [1.29, 1.82) is 0 Å². The van der Waals surface area contributed by atoms with Crippen LogP contribution in [-0.2, 0) is 6.54 Å². The zero-order valence-corrected chi connectivity index (χ0v) is 14.2. The molecule has 3 nitrogen and oxygen atoms in total. The molecule has 4 heteroatoms. The lowest BCUT2D eigenvalue weighted by atomic mass is 10.0. The first-order valence-corrected chi connectivity index (χ1v) is 7.73. The summed E-state index contributed by atoms with van der Waals surface area (Å²) in [5.74, 6) is 1.75. The van der Waals surface area contributed by atoms with E-state index in [0.717, 1.165) is 24.8 Å². The Morgan fingerprint density at radius 2 is 1.95 bits per heavy atom. The zero-order valence-electron chi connectivity index (χ0n) is 13.3. The van der Waals surface area contributed by atoms with E-state index in [4.69, 9.17) is 4.74 Å². The molecule has 0 aliphatic carbocycles. The first-order chi connectivity index (χ1) is 10.3. The predicted octanol–water partition coefficient (Wildman–Crippen LogP) is 3.31. The van der Waals surface area contributed by atoms with Gasteiger partial charge in [-0.3, -0.25) is 4.90 Å². The van der Waals surface area contributed by atoms with Gasteiger partial charge in [0.15, 0.2) is 0 Å². The number of likely N-dealkylation sites (tertiary alicyclic amines) is 1. The Morgan fingerprint density at radius 3 is 2.68 bits per heavy atom. The Bertz CT molecular complexity index is 617. The van der Waals surface area contributed by atoms with Crippen molar-refractivity contribution in [1.82, 2.24) is 10.2 Å². The van der Waals surface area contributed by atoms with Crippen LogP contribution in [0.2, 0.25) is 0 Å². The number of ether oxygens (including phenoxy) is 1. The van der Waals surface area contributed by atoms with Crippen LogP contribution in [0.25, 0.3) is 10.8 Å². The Labute approximate surface area is 139 Å². The van der Waals surface area contributed by atoms with E-state index < -0.39 is 0 Å². The first kappa shape index (κ1) is 17.1. The molecule has 1 heterocycles. The van der Waals surface area contributed by atoms with Crippen LogP contribution in [0.15, 0.2) is 36.4 Å². The van der Waals surface area contributed by atoms with E-state index >= 15 is 0 Å². The molecule has 2 aromatic rings. The molecule has 0 bridgehead atoms. The highest BCUT2D eigenvalue weighted by atomic mass is 35.5. The summed E-state index contributed by atoms with van der Waals surface area (Å²) in [6.07, 6.45) is 1.30. The van der Waals surface area contributed by atoms with Crippen LogP contribution in [0, 0.1) is 5.92 Å². The lowest BCUT2D eigenvalue weighted by Gasteiger charge is -2.18. The molecule has 1 unspecified atom stereocenters. The maximum atomic E-state index is 5.48. The summed E-state index contributed by atoms with van der Waals surface area (Å²) in [5.41, 5.74) is 1.40. The summed E-state index contributed by atoms with van der Waals surface area (Å²) in [6, 6.07) is 12.8. The molecular weight excluding hydrogens is 296 g/mol. The van der Waals surface area contributed by atoms with E-state index in [1.807, 2.05) is 7.05 Å². The molecule has 0 radical (unpaired) electrons. The van der Waals surface area contributed by atoms with E-state index in [1.54, 1.807) is 7.11 Å². The van der Waals surface area contributed by atoms with Crippen molar-refractivity contribution >= 4 is 23.2 Å². The molecule has 1 saturated heterocycles. The summed E-state index contributed by atoms with van der Waals surface area (Å²) in [6.45, 7) is 4.55. The number of nitrogens with one attached hydrogen (secondary N) is 1. The van der Waals surface area contributed by atoms with Crippen LogP contribution < -0.4 is 10.1 Å². The zero-order chi connectivity index (χ0) is 14.7. The second-order valence-corrected chi connectivity index (χ2v) is 5.92. The highest BCUT2D eigenvalue weighted by molar-refractivity contribution is 5.91. The molecule has 0 saturated carbocycles. The van der Waals surface area contributed by atoms with E-state index in [9.17, 15) is 0 Å². The van der Waals surface area contributed by atoms with Crippen LogP contribution in [-0.4, -0.2) is 38.7 Å². The minimum absolute atomic E-state index is 0. The van der Waals surface area contributed by atoms with Crippen molar-refractivity contribution in [3.05, 3.63) is 42.0 Å². The fraction of sp³-hybridized carbons (Fsp3) is 0.444. The molecule has 1 N–H and O–H groups in total. The molecule has 0 amide bonds. The lowest BCUT2D eigenvalue weighted by molar-refractivity contribution is 0.316. The molecule has 22 heavy (non-hydrogen) atoms. The number of halogens is 1. The SMILES string of the molecule is CNCC1CCN(Cc2ccc(OC)c3ccccc23)C1.Cl. The third kappa shape index (κ3) is 3.54. The summed E-state index contributed by atoms with van der Waals surface area (Å²) in [7, 11) is 3.78. The fourth-order valence-corrected chi connectivity index (χ4v) is 3.40. The molecule has 1 aliphatic rings. The van der Waals surface area contributed by atoms with Crippen LogP contribution in [0.1, 0.15) is 12.0 Å². The number of nitrogens with zero attached hydrogens (tertiary/aromatic N) is 1. The second-order valence-electron chi connectivity index (χ2n) is 5.92. The Hall–Kier alpha value is -1.29. The average molecular weight is 321 g/mol. The quantitative estimate of drug-likeness (QED) is 0.914. The summed E-state index contributed by atoms with van der Waals surface area (Å²) >= 11 is 0. The highest BCUT2D eigenvalue weighted by Crippen LogP contribution is 2.30. The number of hydrogen-bond acceptors (Lipinski definition) is 3. The van der Waals surface area contributed by atoms with Crippen molar-refractivity contribution in [2.24, 2.45) is 5.92 Å². The largest absolute Gasteiger partial charge is 0.496 e. The Kier molecular flexibility index (Phi) is 6.07. The van der Waals surface area contributed by atoms with Gasteiger partial charge in [-0.05, 0) is 49.5 Å². The standard InChI is InChI=1S/C18H24N2O.ClH/c1-19-11-14-9-10-20(12-14)13-15-7-8-18(21-2)17-6-4-3-5-16(15)17;/h3-8,14,19H,9-13H2,1-2H3;1H. The average Bonchev–Trinajstić information content (AvgIpc) is 2.95. The van der Waals surface area contributed by atoms with Gasteiger partial charge >= 0.3 is 0 Å². The maximum absolute atomic E-state index is 5.48. The van der Waals surface area contributed by atoms with Gasteiger partial charge in [-0.15, -0.1) is 12.4 Å². The number of fused-ring (bicyclic) bond motifs is 1. The van der Waals surface area contributed by atoms with Gasteiger partial charge in [0.25, 0.3) is 0 Å². The number of benzene rings is 2. The molecular formula is C18H25ClN2O. The highest BCUT2D eigenvalue weighted by Gasteiger charge is 2.22. The van der Waals surface area contributed by atoms with Gasteiger partial charge in [-0.1, -0.05) is 30.3 Å². The Balaban J connectivity index is 0.00000176. The van der Waals surface area contributed by atoms with Crippen LogP contribution in [0.3, 0.4) is 0 Å². The maximum Gasteiger partial charge on any atom is 0.126 e. The molecule has 120 valence electrons. The topological polar surface area (TPSA) is 24.5 Å². The number of hydrogen-bond donors (Lipinski definition) is 1. The third-order valence-electron chi connectivity index (χ3n) is 4.45. The molecule has 0 spiro atoms. The molecule has 0 aromatic heterocycles. The van der Waals surface area contributed by atoms with E-state index in [1.165, 1.54) is 35.8 Å². The third-order valence-corrected chi connectivity index (χ3v) is 4.45. The van der Waals surface area contributed by atoms with Crippen molar-refractivity contribution in [2.45, 2.75) is 13.0 Å². The summed E-state index contributed by atoms with van der Waals surface area (Å²) in [4.78, 5) is 2.57. The van der Waals surface area contributed by atoms with Gasteiger partial charge < -0.3 is 10.1 Å². The van der Waals surface area contributed by atoms with Gasteiger partial charge in [-0.2, -0.15) is 0 Å². The van der Waals surface area contributed by atoms with Gasteiger partial charge in [0.1, 0.15) is 5.75 Å². The van der Waals surface area contributed by atoms with Crippen molar-refractivity contribution in [2.75, 3.05) is 33.8 Å². The van der Waals surface area contributed by atoms with Crippen molar-refractivity contribution in [3.8, 4) is 5.75 Å². The minimum atomic E-state index is 0. The Morgan fingerprint density at radius 1 is 1.18 bits per heavy atom. The van der Waals surface area contributed by atoms with E-state index in [-0.39, 0.29) is 12.4 Å². The smallest absolute Gasteiger partial charge is 0.126 e. The van der Waals surface area contributed by atoms with Gasteiger partial charge in [0.05, 0.1) is 7.11 Å². The molecule has 3 rings (SSSR count). The number of rotatable bonds is 5. The molecule has 1 aliphatic heterocycles. The predicted molar refractivity (Wildman–Crippen MR) is 95.1 cm³/mol. The summed E-state index contributed by atoms with van der Waals surface area (Å²) in [5, 5.41) is 5.82. The normalized spacial score (nSPS) is 18.4.